The van der Waals surface area contributed by atoms with Crippen LogP contribution in [0.5, 0.6) is 0 Å². The van der Waals surface area contributed by atoms with E-state index in [1.807, 2.05) is 55.8 Å². The summed E-state index contributed by atoms with van der Waals surface area (Å²) in [6, 6.07) is 9.82. The SMILES string of the molecule is Cc1nnc(NC(=O)[C@@H](C)Sc2nnc(-c3ccccc3)n2C)s1. The molecule has 0 unspecified atom stereocenters. The smallest absolute Gasteiger partial charge is 0.239 e. The van der Waals surface area contributed by atoms with Gasteiger partial charge in [0.1, 0.15) is 5.01 Å². The number of thioether (sulfide) groups is 1. The van der Waals surface area contributed by atoms with Gasteiger partial charge in [0.25, 0.3) is 0 Å². The van der Waals surface area contributed by atoms with Crippen LogP contribution >= 0.6 is 23.1 Å². The molecule has 2 aromatic heterocycles. The minimum Gasteiger partial charge on any atom is -0.305 e. The Hall–Kier alpha value is -2.26. The first-order valence-corrected chi connectivity index (χ1v) is 8.96. The molecule has 1 amide bonds. The van der Waals surface area contributed by atoms with E-state index < -0.39 is 0 Å². The van der Waals surface area contributed by atoms with Gasteiger partial charge >= 0.3 is 0 Å². The van der Waals surface area contributed by atoms with Gasteiger partial charge in [0.2, 0.25) is 11.0 Å². The molecular weight excluding hydrogens is 344 g/mol. The van der Waals surface area contributed by atoms with E-state index in [-0.39, 0.29) is 11.2 Å². The standard InChI is InChI=1S/C15H16N6OS2/c1-9(13(22)16-14-19-17-10(2)24-14)23-15-20-18-12(21(15)3)11-7-5-4-6-8-11/h4-9H,1-3H3,(H,16,19,22)/t9-/m1/s1. The third-order valence-electron chi connectivity index (χ3n) is 3.27. The molecule has 1 aromatic carbocycles. The fourth-order valence-electron chi connectivity index (χ4n) is 2.02. The molecule has 2 heterocycles. The molecular formula is C15H16N6OS2. The van der Waals surface area contributed by atoms with E-state index in [9.17, 15) is 4.79 Å². The quantitative estimate of drug-likeness (QED) is 0.704. The Morgan fingerprint density at radius 2 is 1.96 bits per heavy atom. The number of nitrogens with one attached hydrogen (secondary N) is 1. The Kier molecular flexibility index (Phi) is 4.91. The summed E-state index contributed by atoms with van der Waals surface area (Å²) in [5.74, 6) is 0.630. The Balaban J connectivity index is 1.69. The number of carbonyl (C=O) groups excluding carboxylic acids is 1. The van der Waals surface area contributed by atoms with Crippen molar-refractivity contribution in [3.05, 3.63) is 35.3 Å². The number of rotatable bonds is 5. The Labute approximate surface area is 147 Å². The third-order valence-corrected chi connectivity index (χ3v) is 5.16. The molecule has 1 N–H and O–H groups in total. The van der Waals surface area contributed by atoms with Crippen molar-refractivity contribution in [1.29, 1.82) is 0 Å². The lowest BCUT2D eigenvalue weighted by molar-refractivity contribution is -0.115. The van der Waals surface area contributed by atoms with Gasteiger partial charge < -0.3 is 4.57 Å². The number of benzene rings is 1. The summed E-state index contributed by atoms with van der Waals surface area (Å²) >= 11 is 2.70. The first-order chi connectivity index (χ1) is 11.5. The zero-order valence-corrected chi connectivity index (χ0v) is 15.1. The lowest BCUT2D eigenvalue weighted by Gasteiger charge is -2.09. The molecule has 0 aliphatic carbocycles. The maximum Gasteiger partial charge on any atom is 0.239 e. The van der Waals surface area contributed by atoms with Crippen molar-refractivity contribution in [1.82, 2.24) is 25.0 Å². The normalized spacial score (nSPS) is 12.1. The van der Waals surface area contributed by atoms with Crippen LogP contribution in [0.4, 0.5) is 5.13 Å². The summed E-state index contributed by atoms with van der Waals surface area (Å²) < 4.78 is 1.89. The van der Waals surface area contributed by atoms with E-state index in [1.165, 1.54) is 23.1 Å². The predicted molar refractivity (Wildman–Crippen MR) is 95.0 cm³/mol. The average molecular weight is 360 g/mol. The highest BCUT2D eigenvalue weighted by molar-refractivity contribution is 8.00. The van der Waals surface area contributed by atoms with Crippen LogP contribution in [0.15, 0.2) is 35.5 Å². The average Bonchev–Trinajstić information content (AvgIpc) is 3.14. The monoisotopic (exact) mass is 360 g/mol. The van der Waals surface area contributed by atoms with Crippen LogP contribution in [0.3, 0.4) is 0 Å². The summed E-state index contributed by atoms with van der Waals surface area (Å²) in [6.07, 6.45) is 0. The molecule has 0 aliphatic heterocycles. The highest BCUT2D eigenvalue weighted by Gasteiger charge is 2.20. The molecule has 0 spiro atoms. The molecule has 124 valence electrons. The van der Waals surface area contributed by atoms with Gasteiger partial charge in [-0.3, -0.25) is 10.1 Å². The second kappa shape index (κ2) is 7.10. The Morgan fingerprint density at radius 1 is 1.21 bits per heavy atom. The van der Waals surface area contributed by atoms with Crippen LogP contribution in [0.2, 0.25) is 0 Å². The Bertz CT molecular complexity index is 845. The topological polar surface area (TPSA) is 85.6 Å². The molecule has 24 heavy (non-hydrogen) atoms. The Morgan fingerprint density at radius 3 is 2.62 bits per heavy atom. The van der Waals surface area contributed by atoms with Crippen molar-refractivity contribution in [2.75, 3.05) is 5.32 Å². The molecule has 7 nitrogen and oxygen atoms in total. The molecule has 3 rings (SSSR count). The number of aryl methyl sites for hydroxylation is 1. The van der Waals surface area contributed by atoms with Crippen molar-refractivity contribution in [2.24, 2.45) is 7.05 Å². The summed E-state index contributed by atoms with van der Waals surface area (Å²) in [5.41, 5.74) is 0.987. The highest BCUT2D eigenvalue weighted by atomic mass is 32.2. The lowest BCUT2D eigenvalue weighted by atomic mass is 10.2. The van der Waals surface area contributed by atoms with Crippen molar-refractivity contribution in [3.63, 3.8) is 0 Å². The number of aromatic nitrogens is 5. The van der Waals surface area contributed by atoms with Gasteiger partial charge in [-0.05, 0) is 13.8 Å². The van der Waals surface area contributed by atoms with Gasteiger partial charge in [0.15, 0.2) is 11.0 Å². The fourth-order valence-corrected chi connectivity index (χ4v) is 3.43. The van der Waals surface area contributed by atoms with E-state index in [1.54, 1.807) is 0 Å². The van der Waals surface area contributed by atoms with Crippen LogP contribution in [0.25, 0.3) is 11.4 Å². The first kappa shape index (κ1) is 16.6. The number of hydrogen-bond donors (Lipinski definition) is 1. The summed E-state index contributed by atoms with van der Waals surface area (Å²) in [7, 11) is 1.89. The van der Waals surface area contributed by atoms with Crippen molar-refractivity contribution in [3.8, 4) is 11.4 Å². The van der Waals surface area contributed by atoms with E-state index in [4.69, 9.17) is 0 Å². The van der Waals surface area contributed by atoms with Gasteiger partial charge in [-0.1, -0.05) is 53.4 Å². The number of amides is 1. The lowest BCUT2D eigenvalue weighted by Crippen LogP contribution is -2.22. The van der Waals surface area contributed by atoms with Gasteiger partial charge in [-0.15, -0.1) is 20.4 Å². The van der Waals surface area contributed by atoms with Crippen LogP contribution in [-0.4, -0.2) is 36.1 Å². The maximum atomic E-state index is 12.3. The molecule has 0 fully saturated rings. The molecule has 0 saturated heterocycles. The molecule has 0 saturated carbocycles. The van der Waals surface area contributed by atoms with E-state index in [0.717, 1.165) is 16.4 Å². The molecule has 3 aromatic rings. The molecule has 9 heteroatoms. The second-order valence-electron chi connectivity index (χ2n) is 5.11. The fraction of sp³-hybridized carbons (Fsp3) is 0.267. The zero-order chi connectivity index (χ0) is 17.1. The van der Waals surface area contributed by atoms with Gasteiger partial charge in [0.05, 0.1) is 5.25 Å². The zero-order valence-electron chi connectivity index (χ0n) is 13.4. The van der Waals surface area contributed by atoms with Crippen LogP contribution in [0, 0.1) is 6.92 Å². The second-order valence-corrected chi connectivity index (χ2v) is 7.60. The van der Waals surface area contributed by atoms with Crippen molar-refractivity contribution >= 4 is 34.1 Å². The molecule has 0 aliphatic rings. The minimum absolute atomic E-state index is 0.139. The van der Waals surface area contributed by atoms with E-state index in [2.05, 4.69) is 25.7 Å². The molecule has 1 atom stereocenters. The number of hydrogen-bond acceptors (Lipinski definition) is 7. The maximum absolute atomic E-state index is 12.3. The molecule has 0 radical (unpaired) electrons. The van der Waals surface area contributed by atoms with Gasteiger partial charge in [-0.25, -0.2) is 0 Å². The van der Waals surface area contributed by atoms with Crippen LogP contribution in [-0.2, 0) is 11.8 Å². The summed E-state index contributed by atoms with van der Waals surface area (Å²) in [6.45, 7) is 3.67. The predicted octanol–water partition coefficient (Wildman–Crippen LogP) is 2.76. The number of carbonyl (C=O) groups is 1. The highest BCUT2D eigenvalue weighted by Crippen LogP contribution is 2.26. The third kappa shape index (κ3) is 3.62. The largest absolute Gasteiger partial charge is 0.305 e. The van der Waals surface area contributed by atoms with Crippen molar-refractivity contribution in [2.45, 2.75) is 24.3 Å². The van der Waals surface area contributed by atoms with E-state index in [0.29, 0.717) is 10.3 Å². The van der Waals surface area contributed by atoms with E-state index >= 15 is 0 Å². The van der Waals surface area contributed by atoms with Gasteiger partial charge in [0, 0.05) is 12.6 Å². The number of nitrogens with zero attached hydrogens (tertiary/aromatic N) is 5. The number of anilines is 1. The molecule has 0 bridgehead atoms. The summed E-state index contributed by atoms with van der Waals surface area (Å²) in [4.78, 5) is 12.3. The van der Waals surface area contributed by atoms with Crippen LogP contribution in [0.1, 0.15) is 11.9 Å². The van der Waals surface area contributed by atoms with Crippen LogP contribution < -0.4 is 5.32 Å². The van der Waals surface area contributed by atoms with Crippen molar-refractivity contribution < 1.29 is 4.79 Å². The van der Waals surface area contributed by atoms with Gasteiger partial charge in [-0.2, -0.15) is 0 Å². The minimum atomic E-state index is -0.333. The summed E-state index contributed by atoms with van der Waals surface area (Å²) in [5, 5.41) is 20.6. The first-order valence-electron chi connectivity index (χ1n) is 7.27.